The summed E-state index contributed by atoms with van der Waals surface area (Å²) >= 11 is 0. The molecule has 23 heavy (non-hydrogen) atoms. The third-order valence-corrected chi connectivity index (χ3v) is 3.97. The van der Waals surface area contributed by atoms with E-state index in [9.17, 15) is 0 Å². The predicted octanol–water partition coefficient (Wildman–Crippen LogP) is 3.50. The zero-order valence-electron chi connectivity index (χ0n) is 13.9. The third-order valence-electron chi connectivity index (χ3n) is 3.97. The van der Waals surface area contributed by atoms with Crippen LogP contribution in [0.1, 0.15) is 50.2 Å². The van der Waals surface area contributed by atoms with Crippen LogP contribution in [-0.2, 0) is 6.54 Å². The maximum absolute atomic E-state index is 8.82. The zero-order chi connectivity index (χ0) is 16.3. The van der Waals surface area contributed by atoms with Gasteiger partial charge in [-0.25, -0.2) is 4.99 Å². The molecule has 0 spiro atoms. The molecule has 1 aromatic carbocycles. The summed E-state index contributed by atoms with van der Waals surface area (Å²) in [7, 11) is 0. The van der Waals surface area contributed by atoms with Crippen LogP contribution in [0.15, 0.2) is 40.9 Å². The van der Waals surface area contributed by atoms with Crippen molar-refractivity contribution in [3.63, 3.8) is 0 Å². The second-order valence-electron chi connectivity index (χ2n) is 5.79. The standard InChI is InChI=1S/C19H26N4/c1-2-21-19(22-13-12-16-6-4-3-5-7-16)23-15-18-10-8-17(14-20)9-11-18/h6,8-11H,2-5,7,12-13,15H2,1H3,(H2,21,22,23). The first-order valence-electron chi connectivity index (χ1n) is 8.51. The average Bonchev–Trinajstić information content (AvgIpc) is 2.61. The van der Waals surface area contributed by atoms with E-state index in [4.69, 9.17) is 5.26 Å². The van der Waals surface area contributed by atoms with Crippen LogP contribution in [0.5, 0.6) is 0 Å². The first-order chi connectivity index (χ1) is 11.3. The molecule has 4 nitrogen and oxygen atoms in total. The molecule has 2 rings (SSSR count). The van der Waals surface area contributed by atoms with Crippen molar-refractivity contribution in [2.45, 2.75) is 45.6 Å². The number of rotatable bonds is 6. The van der Waals surface area contributed by atoms with E-state index in [-0.39, 0.29) is 0 Å². The molecular formula is C19H26N4. The highest BCUT2D eigenvalue weighted by Crippen LogP contribution is 2.19. The number of aliphatic imine (C=N–C) groups is 1. The molecule has 1 aromatic rings. The fourth-order valence-corrected chi connectivity index (χ4v) is 2.67. The van der Waals surface area contributed by atoms with Crippen LogP contribution >= 0.6 is 0 Å². The van der Waals surface area contributed by atoms with Crippen LogP contribution in [0, 0.1) is 11.3 Å². The molecule has 1 aliphatic carbocycles. The third kappa shape index (κ3) is 6.15. The minimum Gasteiger partial charge on any atom is -0.357 e. The Bertz CT molecular complexity index is 578. The molecule has 0 aromatic heterocycles. The van der Waals surface area contributed by atoms with Crippen LogP contribution in [0.2, 0.25) is 0 Å². The van der Waals surface area contributed by atoms with Gasteiger partial charge in [0, 0.05) is 13.1 Å². The number of allylic oxidation sites excluding steroid dienone is 1. The predicted molar refractivity (Wildman–Crippen MR) is 95.1 cm³/mol. The van der Waals surface area contributed by atoms with E-state index in [1.165, 1.54) is 25.7 Å². The van der Waals surface area contributed by atoms with Crippen LogP contribution in [0.3, 0.4) is 0 Å². The van der Waals surface area contributed by atoms with Crippen molar-refractivity contribution >= 4 is 5.96 Å². The van der Waals surface area contributed by atoms with Crippen LogP contribution in [-0.4, -0.2) is 19.0 Å². The van der Waals surface area contributed by atoms with Crippen molar-refractivity contribution in [2.24, 2.45) is 4.99 Å². The van der Waals surface area contributed by atoms with Crippen molar-refractivity contribution in [1.29, 1.82) is 5.26 Å². The number of hydrogen-bond donors (Lipinski definition) is 2. The second-order valence-corrected chi connectivity index (χ2v) is 5.79. The van der Waals surface area contributed by atoms with Gasteiger partial charge in [0.15, 0.2) is 5.96 Å². The molecule has 0 saturated carbocycles. The summed E-state index contributed by atoms with van der Waals surface area (Å²) in [4.78, 5) is 4.61. The number of guanidine groups is 1. The molecule has 0 heterocycles. The van der Waals surface area contributed by atoms with E-state index in [1.807, 2.05) is 24.3 Å². The monoisotopic (exact) mass is 310 g/mol. The van der Waals surface area contributed by atoms with Gasteiger partial charge in [0.05, 0.1) is 18.2 Å². The van der Waals surface area contributed by atoms with Gasteiger partial charge in [-0.3, -0.25) is 0 Å². The summed E-state index contributed by atoms with van der Waals surface area (Å²) in [5, 5.41) is 15.5. The Morgan fingerprint density at radius 2 is 2.04 bits per heavy atom. The van der Waals surface area contributed by atoms with Gasteiger partial charge in [0.2, 0.25) is 0 Å². The number of benzene rings is 1. The van der Waals surface area contributed by atoms with E-state index < -0.39 is 0 Å². The lowest BCUT2D eigenvalue weighted by molar-refractivity contribution is 0.665. The highest BCUT2D eigenvalue weighted by Gasteiger charge is 2.04. The second kappa shape index (κ2) is 9.68. The van der Waals surface area contributed by atoms with Crippen molar-refractivity contribution in [2.75, 3.05) is 13.1 Å². The molecule has 1 aliphatic rings. The molecule has 0 radical (unpaired) electrons. The Hall–Kier alpha value is -2.28. The Morgan fingerprint density at radius 1 is 1.22 bits per heavy atom. The Balaban J connectivity index is 1.83. The Kier molecular flexibility index (Phi) is 7.19. The fourth-order valence-electron chi connectivity index (χ4n) is 2.67. The lowest BCUT2D eigenvalue weighted by Crippen LogP contribution is -2.37. The highest BCUT2D eigenvalue weighted by atomic mass is 15.2. The Labute approximate surface area is 139 Å². The van der Waals surface area contributed by atoms with Gasteiger partial charge in [0.1, 0.15) is 0 Å². The molecule has 2 N–H and O–H groups in total. The molecule has 0 bridgehead atoms. The van der Waals surface area contributed by atoms with Crippen molar-refractivity contribution in [3.8, 4) is 6.07 Å². The Morgan fingerprint density at radius 3 is 2.70 bits per heavy atom. The van der Waals surface area contributed by atoms with Crippen LogP contribution < -0.4 is 10.6 Å². The van der Waals surface area contributed by atoms with Crippen molar-refractivity contribution in [3.05, 3.63) is 47.0 Å². The van der Waals surface area contributed by atoms with Crippen molar-refractivity contribution < 1.29 is 0 Å². The summed E-state index contributed by atoms with van der Waals surface area (Å²) in [6.45, 7) is 4.46. The molecular weight excluding hydrogens is 284 g/mol. The van der Waals surface area contributed by atoms with Gasteiger partial charge < -0.3 is 10.6 Å². The first kappa shape index (κ1) is 17.1. The van der Waals surface area contributed by atoms with Gasteiger partial charge in [-0.05, 0) is 56.7 Å². The largest absolute Gasteiger partial charge is 0.357 e. The molecule has 0 aliphatic heterocycles. The van der Waals surface area contributed by atoms with Crippen LogP contribution in [0.4, 0.5) is 0 Å². The molecule has 0 atom stereocenters. The molecule has 4 heteroatoms. The number of nitrogens with zero attached hydrogens (tertiary/aromatic N) is 2. The normalized spacial score (nSPS) is 14.8. The summed E-state index contributed by atoms with van der Waals surface area (Å²) in [5.74, 6) is 0.855. The van der Waals surface area contributed by atoms with Gasteiger partial charge in [-0.15, -0.1) is 0 Å². The highest BCUT2D eigenvalue weighted by molar-refractivity contribution is 5.79. The maximum atomic E-state index is 8.82. The quantitative estimate of drug-likeness (QED) is 0.480. The first-order valence-corrected chi connectivity index (χ1v) is 8.51. The minimum absolute atomic E-state index is 0.615. The smallest absolute Gasteiger partial charge is 0.191 e. The molecule has 0 fully saturated rings. The van der Waals surface area contributed by atoms with E-state index in [0.29, 0.717) is 12.1 Å². The summed E-state index contributed by atoms with van der Waals surface area (Å²) < 4.78 is 0. The van der Waals surface area contributed by atoms with E-state index >= 15 is 0 Å². The number of nitriles is 1. The van der Waals surface area contributed by atoms with Crippen LogP contribution in [0.25, 0.3) is 0 Å². The molecule has 0 unspecified atom stereocenters. The SMILES string of the molecule is CCNC(=NCc1ccc(C#N)cc1)NCCC1=CCCCC1. The van der Waals surface area contributed by atoms with Gasteiger partial charge in [0.25, 0.3) is 0 Å². The van der Waals surface area contributed by atoms with E-state index in [1.54, 1.807) is 5.57 Å². The van der Waals surface area contributed by atoms with Gasteiger partial charge in [-0.2, -0.15) is 5.26 Å². The summed E-state index contributed by atoms with van der Waals surface area (Å²) in [6, 6.07) is 9.71. The fraction of sp³-hybridized carbons (Fsp3) is 0.474. The topological polar surface area (TPSA) is 60.2 Å². The van der Waals surface area contributed by atoms with Crippen molar-refractivity contribution in [1.82, 2.24) is 10.6 Å². The maximum Gasteiger partial charge on any atom is 0.191 e. The number of nitrogens with one attached hydrogen (secondary N) is 2. The average molecular weight is 310 g/mol. The minimum atomic E-state index is 0.615. The lowest BCUT2D eigenvalue weighted by Gasteiger charge is -2.15. The molecule has 0 saturated heterocycles. The summed E-state index contributed by atoms with van der Waals surface area (Å²) in [6.07, 6.45) is 8.65. The van der Waals surface area contributed by atoms with Gasteiger partial charge in [-0.1, -0.05) is 23.8 Å². The van der Waals surface area contributed by atoms with Gasteiger partial charge >= 0.3 is 0 Å². The lowest BCUT2D eigenvalue weighted by atomic mass is 9.97. The number of hydrogen-bond acceptors (Lipinski definition) is 2. The zero-order valence-corrected chi connectivity index (χ0v) is 13.9. The van der Waals surface area contributed by atoms with E-state index in [0.717, 1.165) is 31.0 Å². The molecule has 122 valence electrons. The molecule has 0 amide bonds. The summed E-state index contributed by atoms with van der Waals surface area (Å²) in [5.41, 5.74) is 3.37. The van der Waals surface area contributed by atoms with E-state index in [2.05, 4.69) is 34.7 Å².